The van der Waals surface area contributed by atoms with E-state index in [9.17, 15) is 9.90 Å². The maximum absolute atomic E-state index is 12.3. The zero-order chi connectivity index (χ0) is 16.3. The van der Waals surface area contributed by atoms with E-state index in [1.165, 1.54) is 0 Å². The quantitative estimate of drug-likeness (QED) is 0.808. The summed E-state index contributed by atoms with van der Waals surface area (Å²) in [5.74, 6) is 1.88. The number of carbonyl (C=O) groups excluding carboxylic acids is 1. The Morgan fingerprint density at radius 3 is 2.18 bits per heavy atom. The van der Waals surface area contributed by atoms with E-state index in [2.05, 4.69) is 13.8 Å². The summed E-state index contributed by atoms with van der Waals surface area (Å²) in [6, 6.07) is 0. The smallest absolute Gasteiger partial charge is 0.410 e. The van der Waals surface area contributed by atoms with Crippen molar-refractivity contribution < 1.29 is 14.6 Å². The van der Waals surface area contributed by atoms with E-state index < -0.39 is 5.60 Å². The van der Waals surface area contributed by atoms with Crippen molar-refractivity contribution in [1.82, 2.24) is 4.90 Å². The molecule has 1 amide bonds. The number of ether oxygens (including phenoxy) is 1. The molecule has 2 saturated carbocycles. The minimum absolute atomic E-state index is 0.0907. The van der Waals surface area contributed by atoms with Gasteiger partial charge < -0.3 is 14.7 Å². The summed E-state index contributed by atoms with van der Waals surface area (Å²) in [5.41, 5.74) is -0.350. The van der Waals surface area contributed by atoms with Gasteiger partial charge in [-0.15, -0.1) is 0 Å². The molecule has 4 heteroatoms. The van der Waals surface area contributed by atoms with Crippen LogP contribution in [-0.2, 0) is 4.74 Å². The molecule has 1 saturated heterocycles. The van der Waals surface area contributed by atoms with Crippen molar-refractivity contribution in [2.24, 2.45) is 29.1 Å². The van der Waals surface area contributed by atoms with Crippen molar-refractivity contribution in [1.29, 1.82) is 0 Å². The van der Waals surface area contributed by atoms with Crippen LogP contribution >= 0.6 is 0 Å². The number of rotatable bonds is 1. The Bertz CT molecular complexity index is 440. The van der Waals surface area contributed by atoms with Crippen molar-refractivity contribution >= 4 is 6.09 Å². The number of likely N-dealkylation sites (tertiary alicyclic amines) is 1. The van der Waals surface area contributed by atoms with E-state index in [-0.39, 0.29) is 17.6 Å². The summed E-state index contributed by atoms with van der Waals surface area (Å²) < 4.78 is 5.53. The maximum atomic E-state index is 12.3. The first-order chi connectivity index (χ1) is 10.1. The van der Waals surface area contributed by atoms with Gasteiger partial charge in [-0.25, -0.2) is 4.79 Å². The van der Waals surface area contributed by atoms with Crippen LogP contribution in [0.4, 0.5) is 4.79 Å². The molecule has 4 unspecified atom stereocenters. The molecule has 2 aliphatic carbocycles. The molecule has 22 heavy (non-hydrogen) atoms. The van der Waals surface area contributed by atoms with Gasteiger partial charge in [0.1, 0.15) is 5.60 Å². The number of nitrogens with zero attached hydrogens (tertiary/aromatic N) is 1. The van der Waals surface area contributed by atoms with Crippen LogP contribution in [0, 0.1) is 29.1 Å². The highest BCUT2D eigenvalue weighted by molar-refractivity contribution is 5.68. The zero-order valence-electron chi connectivity index (χ0n) is 14.6. The Hall–Kier alpha value is -0.770. The van der Waals surface area contributed by atoms with Crippen molar-refractivity contribution in [2.45, 2.75) is 65.6 Å². The average Bonchev–Trinajstić information content (AvgIpc) is 2.59. The van der Waals surface area contributed by atoms with Crippen LogP contribution in [0.15, 0.2) is 0 Å². The minimum atomic E-state index is -0.440. The molecule has 0 aromatic rings. The van der Waals surface area contributed by atoms with Gasteiger partial charge in [-0.05, 0) is 63.7 Å². The maximum Gasteiger partial charge on any atom is 0.410 e. The fourth-order valence-corrected chi connectivity index (χ4v) is 5.17. The molecule has 0 aromatic heterocycles. The summed E-state index contributed by atoms with van der Waals surface area (Å²) in [6.07, 6.45) is 3.07. The summed E-state index contributed by atoms with van der Waals surface area (Å²) in [5, 5.41) is 10.8. The first-order valence-corrected chi connectivity index (χ1v) is 8.81. The molecule has 1 heterocycles. The Labute approximate surface area is 134 Å². The Balaban J connectivity index is 1.69. The number of hydrogen-bond donors (Lipinski definition) is 1. The van der Waals surface area contributed by atoms with Gasteiger partial charge >= 0.3 is 6.09 Å². The van der Waals surface area contributed by atoms with Gasteiger partial charge in [0, 0.05) is 18.5 Å². The van der Waals surface area contributed by atoms with E-state index in [0.29, 0.717) is 23.7 Å². The number of amides is 1. The lowest BCUT2D eigenvalue weighted by atomic mass is 9.48. The van der Waals surface area contributed by atoms with Crippen LogP contribution in [-0.4, -0.2) is 40.9 Å². The Morgan fingerprint density at radius 1 is 1.23 bits per heavy atom. The summed E-state index contributed by atoms with van der Waals surface area (Å²) >= 11 is 0. The number of aliphatic hydroxyl groups is 1. The van der Waals surface area contributed by atoms with Gasteiger partial charge in [0.05, 0.1) is 6.10 Å². The zero-order valence-corrected chi connectivity index (χ0v) is 14.6. The molecule has 0 aromatic carbocycles. The van der Waals surface area contributed by atoms with E-state index in [0.717, 1.165) is 32.4 Å². The van der Waals surface area contributed by atoms with Crippen LogP contribution in [0.25, 0.3) is 0 Å². The van der Waals surface area contributed by atoms with Gasteiger partial charge in [0.2, 0.25) is 0 Å². The van der Waals surface area contributed by atoms with Crippen molar-refractivity contribution in [3.63, 3.8) is 0 Å². The highest BCUT2D eigenvalue weighted by Crippen LogP contribution is 2.65. The molecule has 0 radical (unpaired) electrons. The second-order valence-corrected chi connectivity index (χ2v) is 9.03. The standard InChI is InChI=1S/C18H31NO3/c1-11(2)14-8-18(15(14)20)12-6-7-13(18)10-19(9-12)16(21)22-17(3,4)5/h11-15,20H,6-10H2,1-5H3. The number of carbonyl (C=O) groups is 1. The topological polar surface area (TPSA) is 49.8 Å². The molecule has 3 rings (SSSR count). The number of hydrogen-bond acceptors (Lipinski definition) is 3. The molecular weight excluding hydrogens is 278 g/mol. The Kier molecular flexibility index (Phi) is 3.75. The van der Waals surface area contributed by atoms with E-state index in [1.807, 2.05) is 25.7 Å². The van der Waals surface area contributed by atoms with E-state index >= 15 is 0 Å². The first-order valence-electron chi connectivity index (χ1n) is 8.81. The van der Waals surface area contributed by atoms with E-state index in [4.69, 9.17) is 4.74 Å². The lowest BCUT2D eigenvalue weighted by molar-refractivity contribution is -0.197. The summed E-state index contributed by atoms with van der Waals surface area (Å²) in [4.78, 5) is 14.2. The predicted molar refractivity (Wildman–Crippen MR) is 85.4 cm³/mol. The van der Waals surface area contributed by atoms with Gasteiger partial charge in [-0.2, -0.15) is 0 Å². The number of piperidine rings is 1. The third-order valence-corrected chi connectivity index (χ3v) is 6.32. The molecule has 1 spiro atoms. The largest absolute Gasteiger partial charge is 0.444 e. The SMILES string of the molecule is CC(C)C1CC2(C3CCC2CN(C(=O)OC(C)(C)C)C3)C1O. The second-order valence-electron chi connectivity index (χ2n) is 9.03. The van der Waals surface area contributed by atoms with Crippen molar-refractivity contribution in [2.75, 3.05) is 13.1 Å². The normalized spacial score (nSPS) is 41.0. The van der Waals surface area contributed by atoms with E-state index in [1.54, 1.807) is 0 Å². The minimum Gasteiger partial charge on any atom is -0.444 e. The lowest BCUT2D eigenvalue weighted by Crippen LogP contribution is -2.65. The van der Waals surface area contributed by atoms with Crippen molar-refractivity contribution in [3.8, 4) is 0 Å². The third kappa shape index (κ3) is 2.34. The van der Waals surface area contributed by atoms with Gasteiger partial charge in [0.15, 0.2) is 0 Å². The second kappa shape index (κ2) is 5.12. The fraction of sp³-hybridized carbons (Fsp3) is 0.944. The van der Waals surface area contributed by atoms with Crippen LogP contribution in [0.5, 0.6) is 0 Å². The lowest BCUT2D eigenvalue weighted by Gasteiger charge is -2.61. The summed E-state index contributed by atoms with van der Waals surface area (Å²) in [7, 11) is 0. The molecule has 1 aliphatic heterocycles. The van der Waals surface area contributed by atoms with Crippen LogP contribution in [0.2, 0.25) is 0 Å². The van der Waals surface area contributed by atoms with Gasteiger partial charge in [-0.3, -0.25) is 0 Å². The molecule has 4 nitrogen and oxygen atoms in total. The molecule has 1 N–H and O–H groups in total. The highest BCUT2D eigenvalue weighted by Gasteiger charge is 2.66. The highest BCUT2D eigenvalue weighted by atomic mass is 16.6. The van der Waals surface area contributed by atoms with Crippen LogP contribution in [0.1, 0.15) is 53.9 Å². The monoisotopic (exact) mass is 309 g/mol. The van der Waals surface area contributed by atoms with Crippen LogP contribution < -0.4 is 0 Å². The Morgan fingerprint density at radius 2 is 1.77 bits per heavy atom. The fourth-order valence-electron chi connectivity index (χ4n) is 5.17. The molecular formula is C18H31NO3. The first kappa shape index (κ1) is 16.1. The number of aliphatic hydroxyl groups excluding tert-OH is 1. The summed E-state index contributed by atoms with van der Waals surface area (Å²) in [6.45, 7) is 11.7. The molecule has 4 atom stereocenters. The van der Waals surface area contributed by atoms with Crippen LogP contribution in [0.3, 0.4) is 0 Å². The average molecular weight is 309 g/mol. The third-order valence-electron chi connectivity index (χ3n) is 6.32. The molecule has 3 fully saturated rings. The van der Waals surface area contributed by atoms with Gasteiger partial charge in [0.25, 0.3) is 0 Å². The molecule has 126 valence electrons. The molecule has 2 bridgehead atoms. The van der Waals surface area contributed by atoms with Crippen molar-refractivity contribution in [3.05, 3.63) is 0 Å². The molecule has 3 aliphatic rings. The van der Waals surface area contributed by atoms with Gasteiger partial charge in [-0.1, -0.05) is 13.8 Å². The predicted octanol–water partition coefficient (Wildman–Crippen LogP) is 3.29.